The van der Waals surface area contributed by atoms with Gasteiger partial charge in [-0.05, 0) is 114 Å². The summed E-state index contributed by atoms with van der Waals surface area (Å²) in [6, 6.07) is 0. The van der Waals surface area contributed by atoms with Crippen LogP contribution in [-0.2, 0) is 0 Å². The van der Waals surface area contributed by atoms with Gasteiger partial charge in [-0.1, -0.05) is 67.0 Å². The Morgan fingerprint density at radius 3 is 2.23 bits per heavy atom. The lowest BCUT2D eigenvalue weighted by Gasteiger charge is -2.70. The van der Waals surface area contributed by atoms with Crippen LogP contribution in [0.4, 0.5) is 0 Å². The van der Waals surface area contributed by atoms with Crippen molar-refractivity contribution in [2.45, 2.75) is 119 Å². The fourth-order valence-electron chi connectivity index (χ4n) is 10.9. The normalized spacial score (nSPS) is 55.7. The van der Waals surface area contributed by atoms with E-state index < -0.39 is 0 Å². The zero-order chi connectivity index (χ0) is 22.6. The van der Waals surface area contributed by atoms with Gasteiger partial charge in [-0.3, -0.25) is 0 Å². The topological polar surface area (TPSA) is 20.2 Å². The number of allylic oxidation sites excluding steroid dienone is 2. The van der Waals surface area contributed by atoms with E-state index in [1.54, 1.807) is 0 Å². The van der Waals surface area contributed by atoms with Gasteiger partial charge in [0.2, 0.25) is 0 Å². The number of hydrogen-bond acceptors (Lipinski definition) is 1. The van der Waals surface area contributed by atoms with Gasteiger partial charge < -0.3 is 5.11 Å². The molecular weight excluding hydrogens is 376 g/mol. The Balaban J connectivity index is 1.59. The van der Waals surface area contributed by atoms with Crippen molar-refractivity contribution in [1.82, 2.24) is 0 Å². The predicted octanol–water partition coefficient (Wildman–Crippen LogP) is 8.02. The predicted molar refractivity (Wildman–Crippen MR) is 131 cm³/mol. The molecule has 31 heavy (non-hydrogen) atoms. The SMILES string of the molecule is CC(C)[C@H]1CC[C@@]2(C)CC[C@]3(C)C(=CC[C@@H]4[C@@]5(C)CC[C@@H](O)C(C)(C)[C@@H]5CC[C@]43C)[C@@H]12. The molecule has 5 aliphatic rings. The average Bonchev–Trinajstić information content (AvgIpc) is 3.04. The summed E-state index contributed by atoms with van der Waals surface area (Å²) < 4.78 is 0. The van der Waals surface area contributed by atoms with Crippen molar-refractivity contribution < 1.29 is 5.11 Å². The Kier molecular flexibility index (Phi) is 4.82. The van der Waals surface area contributed by atoms with Gasteiger partial charge in [-0.25, -0.2) is 0 Å². The van der Waals surface area contributed by atoms with E-state index in [4.69, 9.17) is 0 Å². The summed E-state index contributed by atoms with van der Waals surface area (Å²) in [5.41, 5.74) is 3.64. The number of aliphatic hydroxyl groups is 1. The quantitative estimate of drug-likeness (QED) is 0.421. The number of rotatable bonds is 1. The highest BCUT2D eigenvalue weighted by Crippen LogP contribution is 2.76. The average molecular weight is 427 g/mol. The first-order chi connectivity index (χ1) is 14.3. The molecule has 0 unspecified atom stereocenters. The molecular formula is C30H50O. The van der Waals surface area contributed by atoms with E-state index in [-0.39, 0.29) is 11.5 Å². The van der Waals surface area contributed by atoms with Gasteiger partial charge in [0.25, 0.3) is 0 Å². The van der Waals surface area contributed by atoms with Crippen LogP contribution < -0.4 is 0 Å². The van der Waals surface area contributed by atoms with Crippen molar-refractivity contribution in [3.63, 3.8) is 0 Å². The summed E-state index contributed by atoms with van der Waals surface area (Å²) in [4.78, 5) is 0. The molecule has 1 nitrogen and oxygen atoms in total. The molecule has 0 aliphatic heterocycles. The summed E-state index contributed by atoms with van der Waals surface area (Å²) >= 11 is 0. The lowest BCUT2D eigenvalue weighted by Crippen LogP contribution is -2.64. The molecule has 0 aromatic carbocycles. The second kappa shape index (κ2) is 6.64. The van der Waals surface area contributed by atoms with Crippen molar-refractivity contribution in [2.75, 3.05) is 0 Å². The van der Waals surface area contributed by atoms with Gasteiger partial charge in [0.05, 0.1) is 6.10 Å². The van der Waals surface area contributed by atoms with E-state index in [1.165, 1.54) is 51.4 Å². The summed E-state index contributed by atoms with van der Waals surface area (Å²) in [6.45, 7) is 20.4. The third-order valence-corrected chi connectivity index (χ3v) is 13.1. The van der Waals surface area contributed by atoms with Crippen LogP contribution in [-0.4, -0.2) is 11.2 Å². The summed E-state index contributed by atoms with van der Waals surface area (Å²) in [7, 11) is 0. The zero-order valence-electron chi connectivity index (χ0n) is 21.9. The Labute approximate surface area is 192 Å². The van der Waals surface area contributed by atoms with E-state index in [2.05, 4.69) is 61.5 Å². The van der Waals surface area contributed by atoms with Gasteiger partial charge in [-0.15, -0.1) is 0 Å². The third kappa shape index (κ3) is 2.65. The van der Waals surface area contributed by atoms with E-state index in [0.717, 1.165) is 30.1 Å². The van der Waals surface area contributed by atoms with Crippen LogP contribution in [0.2, 0.25) is 0 Å². The first-order valence-corrected chi connectivity index (χ1v) is 13.7. The standard InChI is InChI=1S/C30H50O/c1-19(2)20-11-14-27(5)17-18-29(7)21(25(20)27)9-10-23-28(6)15-13-24(31)26(3,4)22(28)12-16-30(23,29)8/h9,19-20,22-25,31H,10-18H2,1-8H3/t20-,22+,23-,24-,25-,27+,28+,29-,30-/m1/s1. The van der Waals surface area contributed by atoms with Gasteiger partial charge in [-0.2, -0.15) is 0 Å². The first kappa shape index (κ1) is 22.5. The second-order valence-electron chi connectivity index (χ2n) is 14.7. The van der Waals surface area contributed by atoms with E-state index in [0.29, 0.717) is 27.6 Å². The van der Waals surface area contributed by atoms with Crippen LogP contribution in [0.5, 0.6) is 0 Å². The van der Waals surface area contributed by atoms with Crippen LogP contribution in [0.3, 0.4) is 0 Å². The van der Waals surface area contributed by atoms with Crippen molar-refractivity contribution in [1.29, 1.82) is 0 Å². The first-order valence-electron chi connectivity index (χ1n) is 13.7. The van der Waals surface area contributed by atoms with E-state index >= 15 is 0 Å². The maximum Gasteiger partial charge on any atom is 0.0594 e. The Morgan fingerprint density at radius 2 is 1.55 bits per heavy atom. The Hall–Kier alpha value is -0.300. The molecule has 5 rings (SSSR count). The highest BCUT2D eigenvalue weighted by Gasteiger charge is 2.68. The smallest absolute Gasteiger partial charge is 0.0594 e. The molecule has 0 bridgehead atoms. The summed E-state index contributed by atoms with van der Waals surface area (Å²) in [5, 5.41) is 10.9. The van der Waals surface area contributed by atoms with Crippen LogP contribution in [0.25, 0.3) is 0 Å². The van der Waals surface area contributed by atoms with Gasteiger partial charge >= 0.3 is 0 Å². The molecule has 0 spiro atoms. The Bertz CT molecular complexity index is 777. The minimum Gasteiger partial charge on any atom is -0.393 e. The second-order valence-corrected chi connectivity index (χ2v) is 14.7. The molecule has 0 amide bonds. The van der Waals surface area contributed by atoms with E-state index in [9.17, 15) is 5.11 Å². The van der Waals surface area contributed by atoms with Crippen LogP contribution in [0.15, 0.2) is 11.6 Å². The van der Waals surface area contributed by atoms with Gasteiger partial charge in [0, 0.05) is 0 Å². The fraction of sp³-hybridized carbons (Fsp3) is 0.933. The molecule has 0 aromatic heterocycles. The summed E-state index contributed by atoms with van der Waals surface area (Å²) in [6.07, 6.45) is 14.6. The largest absolute Gasteiger partial charge is 0.393 e. The highest BCUT2D eigenvalue weighted by molar-refractivity contribution is 5.34. The van der Waals surface area contributed by atoms with Crippen LogP contribution in [0, 0.1) is 56.7 Å². The van der Waals surface area contributed by atoms with Crippen molar-refractivity contribution in [3.05, 3.63) is 11.6 Å². The summed E-state index contributed by atoms with van der Waals surface area (Å²) in [5.74, 6) is 3.92. The van der Waals surface area contributed by atoms with Gasteiger partial charge in [0.15, 0.2) is 0 Å². The minimum absolute atomic E-state index is 0.0541. The molecule has 1 N–H and O–H groups in total. The van der Waals surface area contributed by atoms with Crippen LogP contribution >= 0.6 is 0 Å². The molecule has 0 aromatic rings. The van der Waals surface area contributed by atoms with Crippen molar-refractivity contribution in [3.8, 4) is 0 Å². The van der Waals surface area contributed by atoms with Crippen molar-refractivity contribution in [2.24, 2.45) is 56.7 Å². The lowest BCUT2D eigenvalue weighted by atomic mass is 9.34. The molecule has 0 heterocycles. The number of fused-ring (bicyclic) bond motifs is 7. The van der Waals surface area contributed by atoms with Crippen molar-refractivity contribution >= 4 is 0 Å². The monoisotopic (exact) mass is 426 g/mol. The molecule has 0 radical (unpaired) electrons. The molecule has 4 saturated carbocycles. The number of hydrogen-bond donors (Lipinski definition) is 1. The molecule has 9 atom stereocenters. The third-order valence-electron chi connectivity index (χ3n) is 13.1. The van der Waals surface area contributed by atoms with Gasteiger partial charge in [0.1, 0.15) is 0 Å². The molecule has 1 heteroatoms. The maximum atomic E-state index is 10.9. The molecule has 176 valence electrons. The minimum atomic E-state index is -0.124. The maximum absolute atomic E-state index is 10.9. The van der Waals surface area contributed by atoms with E-state index in [1.807, 2.05) is 5.57 Å². The zero-order valence-corrected chi connectivity index (χ0v) is 21.9. The molecule has 4 fully saturated rings. The molecule has 5 aliphatic carbocycles. The van der Waals surface area contributed by atoms with Crippen LogP contribution in [0.1, 0.15) is 113 Å². The fourth-order valence-corrected chi connectivity index (χ4v) is 10.9. The number of aliphatic hydroxyl groups excluding tert-OH is 1. The molecule has 0 saturated heterocycles. The lowest BCUT2D eigenvalue weighted by molar-refractivity contribution is -0.201. The highest BCUT2D eigenvalue weighted by atomic mass is 16.3. The Morgan fingerprint density at radius 1 is 0.839 bits per heavy atom.